The molecule has 0 aliphatic carbocycles. The average Bonchev–Trinajstić information content (AvgIpc) is 2.46. The Labute approximate surface area is 118 Å². The summed E-state index contributed by atoms with van der Waals surface area (Å²) in [6, 6.07) is 2.95. The lowest BCUT2D eigenvalue weighted by molar-refractivity contribution is 0.0338. The highest BCUT2D eigenvalue weighted by Crippen LogP contribution is 2.36. The molecule has 0 N–H and O–H groups in total. The molecule has 2 unspecified atom stereocenters. The maximum Gasteiger partial charge on any atom is 0.232 e. The third-order valence-electron chi connectivity index (χ3n) is 4.75. The highest BCUT2D eigenvalue weighted by atomic mass is 16.1. The minimum absolute atomic E-state index is 0.0815. The summed E-state index contributed by atoms with van der Waals surface area (Å²) in [7, 11) is 2.18. The van der Waals surface area contributed by atoms with Gasteiger partial charge in [-0.25, -0.2) is 9.97 Å². The first-order chi connectivity index (χ1) is 9.69. The van der Waals surface area contributed by atoms with Gasteiger partial charge in [-0.1, -0.05) is 6.42 Å². The van der Waals surface area contributed by atoms with E-state index in [2.05, 4.69) is 21.9 Å². The summed E-state index contributed by atoms with van der Waals surface area (Å²) in [6.45, 7) is 0. The number of ketones is 1. The van der Waals surface area contributed by atoms with E-state index in [0.717, 1.165) is 12.8 Å². The van der Waals surface area contributed by atoms with E-state index >= 15 is 0 Å². The third-order valence-corrected chi connectivity index (χ3v) is 4.75. The zero-order valence-electron chi connectivity index (χ0n) is 11.6. The normalized spacial score (nSPS) is 29.7. The molecule has 2 fully saturated rings. The van der Waals surface area contributed by atoms with Gasteiger partial charge in [-0.3, -0.25) is 4.79 Å². The van der Waals surface area contributed by atoms with Crippen molar-refractivity contribution in [3.63, 3.8) is 0 Å². The van der Waals surface area contributed by atoms with Gasteiger partial charge in [0.2, 0.25) is 5.82 Å². The van der Waals surface area contributed by atoms with Crippen LogP contribution in [-0.4, -0.2) is 39.8 Å². The Morgan fingerprint density at radius 2 is 1.90 bits per heavy atom. The minimum atomic E-state index is 0.0815. The first-order valence-electron chi connectivity index (χ1n) is 7.17. The lowest BCUT2D eigenvalue weighted by Crippen LogP contribution is -2.51. The van der Waals surface area contributed by atoms with Crippen LogP contribution in [0.1, 0.15) is 48.3 Å². The van der Waals surface area contributed by atoms with Gasteiger partial charge in [0, 0.05) is 30.4 Å². The van der Waals surface area contributed by atoms with Gasteiger partial charge in [0.1, 0.15) is 6.07 Å². The van der Waals surface area contributed by atoms with E-state index in [4.69, 9.17) is 5.26 Å². The molecule has 2 atom stereocenters. The number of carbonyl (C=O) groups is 1. The molecule has 1 aromatic rings. The molecule has 0 radical (unpaired) electrons. The van der Waals surface area contributed by atoms with Gasteiger partial charge in [0.15, 0.2) is 5.78 Å². The maximum absolute atomic E-state index is 12.6. The van der Waals surface area contributed by atoms with Crippen LogP contribution in [0, 0.1) is 17.2 Å². The van der Waals surface area contributed by atoms with E-state index < -0.39 is 0 Å². The molecular formula is C15H18N4O. The van der Waals surface area contributed by atoms with Crippen molar-refractivity contribution >= 4 is 5.78 Å². The SMILES string of the molecule is CN1C2CCCC1CC(C(=O)c1cnc(C#N)nc1)C2. The highest BCUT2D eigenvalue weighted by molar-refractivity contribution is 5.97. The van der Waals surface area contributed by atoms with E-state index in [9.17, 15) is 4.79 Å². The zero-order valence-corrected chi connectivity index (χ0v) is 11.6. The standard InChI is InChI=1S/C15H18N4O/c1-19-12-3-2-4-13(19)6-10(5-12)15(20)11-8-17-14(7-16)18-9-11/h8-10,12-13H,2-6H2,1H3. The Morgan fingerprint density at radius 1 is 1.30 bits per heavy atom. The van der Waals surface area contributed by atoms with Gasteiger partial charge < -0.3 is 4.90 Å². The van der Waals surface area contributed by atoms with Crippen LogP contribution in [-0.2, 0) is 0 Å². The highest BCUT2D eigenvalue weighted by Gasteiger charge is 2.38. The summed E-state index contributed by atoms with van der Waals surface area (Å²) in [6.07, 6.45) is 8.52. The molecule has 0 amide bonds. The molecule has 104 valence electrons. The largest absolute Gasteiger partial charge is 0.300 e. The summed E-state index contributed by atoms with van der Waals surface area (Å²) in [5.74, 6) is 0.333. The Balaban J connectivity index is 1.76. The monoisotopic (exact) mass is 270 g/mol. The summed E-state index contributed by atoms with van der Waals surface area (Å²) in [5, 5.41) is 8.69. The Kier molecular flexibility index (Phi) is 3.49. The van der Waals surface area contributed by atoms with Crippen molar-refractivity contribution in [3.05, 3.63) is 23.8 Å². The van der Waals surface area contributed by atoms with Crippen LogP contribution in [0.4, 0.5) is 0 Å². The van der Waals surface area contributed by atoms with Crippen molar-refractivity contribution in [2.45, 2.75) is 44.2 Å². The zero-order chi connectivity index (χ0) is 14.1. The molecule has 1 aromatic heterocycles. The number of rotatable bonds is 2. The molecule has 0 aromatic carbocycles. The number of piperidine rings is 2. The molecular weight excluding hydrogens is 252 g/mol. The van der Waals surface area contributed by atoms with Crippen molar-refractivity contribution in [3.8, 4) is 6.07 Å². The van der Waals surface area contributed by atoms with Crippen LogP contribution in [0.5, 0.6) is 0 Å². The number of Topliss-reactive ketones (excluding diaryl/α,β-unsaturated/α-hetero) is 1. The maximum atomic E-state index is 12.6. The molecule has 3 rings (SSSR count). The van der Waals surface area contributed by atoms with Crippen LogP contribution in [0.15, 0.2) is 12.4 Å². The van der Waals surface area contributed by atoms with Crippen molar-refractivity contribution < 1.29 is 4.79 Å². The molecule has 2 saturated heterocycles. The van der Waals surface area contributed by atoms with Crippen molar-refractivity contribution in [2.75, 3.05) is 7.05 Å². The lowest BCUT2D eigenvalue weighted by atomic mass is 9.76. The summed E-state index contributed by atoms with van der Waals surface area (Å²) in [4.78, 5) is 22.8. The first-order valence-corrected chi connectivity index (χ1v) is 7.17. The summed E-state index contributed by atoms with van der Waals surface area (Å²) >= 11 is 0. The molecule has 0 saturated carbocycles. The quantitative estimate of drug-likeness (QED) is 0.766. The Morgan fingerprint density at radius 3 is 2.45 bits per heavy atom. The summed E-state index contributed by atoms with van der Waals surface area (Å²) < 4.78 is 0. The molecule has 3 heterocycles. The second kappa shape index (κ2) is 5.29. The predicted molar refractivity (Wildman–Crippen MR) is 73.0 cm³/mol. The molecule has 5 nitrogen and oxygen atoms in total. The van der Waals surface area contributed by atoms with E-state index in [1.165, 1.54) is 31.7 Å². The number of nitriles is 1. The molecule has 0 spiro atoms. The van der Waals surface area contributed by atoms with Gasteiger partial charge in [-0.2, -0.15) is 5.26 Å². The van der Waals surface area contributed by atoms with E-state index in [0.29, 0.717) is 17.6 Å². The van der Waals surface area contributed by atoms with Gasteiger partial charge in [0.05, 0.1) is 5.56 Å². The van der Waals surface area contributed by atoms with Crippen molar-refractivity contribution in [2.24, 2.45) is 5.92 Å². The van der Waals surface area contributed by atoms with Gasteiger partial charge in [0.25, 0.3) is 0 Å². The second-order valence-electron chi connectivity index (χ2n) is 5.84. The number of nitrogens with zero attached hydrogens (tertiary/aromatic N) is 4. The van der Waals surface area contributed by atoms with Crippen LogP contribution >= 0.6 is 0 Å². The molecule has 2 aliphatic rings. The van der Waals surface area contributed by atoms with E-state index in [1.54, 1.807) is 0 Å². The predicted octanol–water partition coefficient (Wildman–Crippen LogP) is 1.79. The van der Waals surface area contributed by atoms with E-state index in [1.807, 2.05) is 6.07 Å². The molecule has 20 heavy (non-hydrogen) atoms. The number of fused-ring (bicyclic) bond motifs is 2. The van der Waals surface area contributed by atoms with Crippen LogP contribution in [0.25, 0.3) is 0 Å². The number of aromatic nitrogens is 2. The topological polar surface area (TPSA) is 69.9 Å². The molecule has 2 bridgehead atoms. The fourth-order valence-electron chi connectivity index (χ4n) is 3.58. The molecule has 5 heteroatoms. The van der Waals surface area contributed by atoms with Gasteiger partial charge >= 0.3 is 0 Å². The Bertz CT molecular complexity index is 534. The lowest BCUT2D eigenvalue weighted by Gasteiger charge is -2.46. The minimum Gasteiger partial charge on any atom is -0.300 e. The summed E-state index contributed by atoms with van der Waals surface area (Å²) in [5.41, 5.74) is 0.539. The smallest absolute Gasteiger partial charge is 0.232 e. The number of hydrogen-bond acceptors (Lipinski definition) is 5. The fraction of sp³-hybridized carbons (Fsp3) is 0.600. The van der Waals surface area contributed by atoms with E-state index in [-0.39, 0.29) is 17.5 Å². The van der Waals surface area contributed by atoms with Gasteiger partial charge in [-0.15, -0.1) is 0 Å². The van der Waals surface area contributed by atoms with Crippen molar-refractivity contribution in [1.29, 1.82) is 5.26 Å². The van der Waals surface area contributed by atoms with Crippen LogP contribution in [0.2, 0.25) is 0 Å². The van der Waals surface area contributed by atoms with Gasteiger partial charge in [-0.05, 0) is 32.7 Å². The van der Waals surface area contributed by atoms with Crippen LogP contribution in [0.3, 0.4) is 0 Å². The Hall–Kier alpha value is -1.80. The average molecular weight is 270 g/mol. The fourth-order valence-corrected chi connectivity index (χ4v) is 3.58. The first kappa shape index (κ1) is 13.2. The number of hydrogen-bond donors (Lipinski definition) is 0. The molecule has 2 aliphatic heterocycles. The second-order valence-corrected chi connectivity index (χ2v) is 5.84. The third kappa shape index (κ3) is 2.32. The number of carbonyl (C=O) groups excluding carboxylic acids is 1. The van der Waals surface area contributed by atoms with Crippen LogP contribution < -0.4 is 0 Å². The van der Waals surface area contributed by atoms with Crippen molar-refractivity contribution in [1.82, 2.24) is 14.9 Å².